The number of halogens is 1. The summed E-state index contributed by atoms with van der Waals surface area (Å²) in [7, 11) is 0. The first-order valence-corrected chi connectivity index (χ1v) is 8.14. The average molecular weight is 329 g/mol. The van der Waals surface area contributed by atoms with Crippen molar-refractivity contribution >= 4 is 34.3 Å². The maximum absolute atomic E-state index is 13.2. The van der Waals surface area contributed by atoms with E-state index < -0.39 is 0 Å². The number of urea groups is 1. The van der Waals surface area contributed by atoms with E-state index in [4.69, 9.17) is 0 Å². The Balaban J connectivity index is 1.88. The van der Waals surface area contributed by atoms with Gasteiger partial charge in [0.15, 0.2) is 5.17 Å². The molecule has 1 aliphatic rings. The van der Waals surface area contributed by atoms with Crippen molar-refractivity contribution in [2.24, 2.45) is 4.99 Å². The van der Waals surface area contributed by atoms with Crippen molar-refractivity contribution in [1.29, 1.82) is 0 Å². The Kier molecular flexibility index (Phi) is 4.62. The highest BCUT2D eigenvalue weighted by Gasteiger charge is 2.27. The van der Waals surface area contributed by atoms with Crippen LogP contribution in [0.4, 0.5) is 20.6 Å². The Labute approximate surface area is 138 Å². The third-order valence-corrected chi connectivity index (χ3v) is 4.37. The summed E-state index contributed by atoms with van der Waals surface area (Å²) in [6, 6.07) is 14.7. The van der Waals surface area contributed by atoms with Crippen molar-refractivity contribution in [2.45, 2.75) is 12.2 Å². The van der Waals surface area contributed by atoms with Gasteiger partial charge in [-0.25, -0.2) is 14.1 Å². The lowest BCUT2D eigenvalue weighted by Crippen LogP contribution is -2.38. The number of anilines is 2. The Morgan fingerprint density at radius 1 is 1.22 bits per heavy atom. The number of para-hydroxylation sites is 1. The lowest BCUT2D eigenvalue weighted by atomic mass is 10.3. The molecule has 0 unspecified atom stereocenters. The molecule has 3 rings (SSSR count). The van der Waals surface area contributed by atoms with E-state index in [1.165, 1.54) is 28.8 Å². The fraction of sp³-hybridized carbons (Fsp3) is 0.176. The van der Waals surface area contributed by atoms with Crippen molar-refractivity contribution in [2.75, 3.05) is 16.8 Å². The smallest absolute Gasteiger partial charge is 0.307 e. The van der Waals surface area contributed by atoms with Gasteiger partial charge in [0.25, 0.3) is 0 Å². The van der Waals surface area contributed by atoms with Gasteiger partial charge in [-0.3, -0.25) is 4.99 Å². The number of thioether (sulfide) groups is 1. The van der Waals surface area contributed by atoms with Gasteiger partial charge in [0.1, 0.15) is 5.82 Å². The molecule has 0 saturated carbocycles. The van der Waals surface area contributed by atoms with Crippen molar-refractivity contribution in [1.82, 2.24) is 0 Å². The number of hydrogen-bond donors (Lipinski definition) is 1. The molecule has 0 spiro atoms. The van der Waals surface area contributed by atoms with Crippen LogP contribution in [0.2, 0.25) is 0 Å². The first-order valence-electron chi connectivity index (χ1n) is 7.26. The molecule has 1 atom stereocenters. The Morgan fingerprint density at radius 3 is 2.52 bits per heavy atom. The van der Waals surface area contributed by atoms with E-state index in [-0.39, 0.29) is 11.8 Å². The minimum atomic E-state index is -0.341. The minimum absolute atomic E-state index is 0.317. The zero-order chi connectivity index (χ0) is 16.2. The molecule has 23 heavy (non-hydrogen) atoms. The molecule has 1 aliphatic heterocycles. The lowest BCUT2D eigenvalue weighted by Gasteiger charge is -2.22. The quantitative estimate of drug-likeness (QED) is 0.890. The predicted octanol–water partition coefficient (Wildman–Crippen LogP) is 4.36. The molecule has 2 aromatic rings. The topological polar surface area (TPSA) is 44.7 Å². The van der Waals surface area contributed by atoms with Crippen molar-refractivity contribution < 1.29 is 9.18 Å². The fourth-order valence-corrected chi connectivity index (χ4v) is 3.14. The molecule has 0 aromatic heterocycles. The molecule has 118 valence electrons. The summed E-state index contributed by atoms with van der Waals surface area (Å²) in [6.07, 6.45) is 0. The van der Waals surface area contributed by atoms with Crippen LogP contribution < -0.4 is 10.2 Å². The van der Waals surface area contributed by atoms with Crippen LogP contribution in [-0.2, 0) is 0 Å². The number of carbonyl (C=O) groups excluding carboxylic acids is 1. The maximum atomic E-state index is 13.2. The van der Waals surface area contributed by atoms with Crippen LogP contribution in [0.5, 0.6) is 0 Å². The zero-order valence-corrected chi connectivity index (χ0v) is 13.4. The van der Waals surface area contributed by atoms with E-state index in [0.29, 0.717) is 28.3 Å². The molecule has 0 bridgehead atoms. The molecular formula is C17H16FN3OS. The number of carbonyl (C=O) groups is 1. The van der Waals surface area contributed by atoms with E-state index in [9.17, 15) is 9.18 Å². The molecule has 0 fully saturated rings. The van der Waals surface area contributed by atoms with Crippen LogP contribution in [-0.4, -0.2) is 23.0 Å². The fourth-order valence-electron chi connectivity index (χ4n) is 2.19. The third kappa shape index (κ3) is 3.71. The van der Waals surface area contributed by atoms with Gasteiger partial charge < -0.3 is 5.32 Å². The molecule has 0 radical (unpaired) electrons. The minimum Gasteiger partial charge on any atom is -0.307 e. The number of hydrogen-bond acceptors (Lipinski definition) is 3. The van der Waals surface area contributed by atoms with Crippen LogP contribution in [0.1, 0.15) is 6.92 Å². The standard InChI is InChI=1S/C17H16FN3OS/c1-12-11-19-17(23-12)21(15-9-7-13(18)8-10-15)16(22)20-14-5-3-2-4-6-14/h2-10,12H,11H2,1H3,(H,20,22)/t12-/m0/s1. The van der Waals surface area contributed by atoms with E-state index in [1.54, 1.807) is 12.1 Å². The van der Waals surface area contributed by atoms with E-state index >= 15 is 0 Å². The van der Waals surface area contributed by atoms with Crippen LogP contribution in [0.25, 0.3) is 0 Å². The summed E-state index contributed by atoms with van der Waals surface area (Å²) in [5.74, 6) is -0.341. The normalized spacial score (nSPS) is 16.8. The molecule has 2 aromatic carbocycles. The van der Waals surface area contributed by atoms with Gasteiger partial charge in [-0.15, -0.1) is 0 Å². The summed E-state index contributed by atoms with van der Waals surface area (Å²) in [4.78, 5) is 18.6. The van der Waals surface area contributed by atoms with Gasteiger partial charge in [-0.2, -0.15) is 0 Å². The average Bonchev–Trinajstić information content (AvgIpc) is 2.96. The molecular weight excluding hydrogens is 313 g/mol. The van der Waals surface area contributed by atoms with Gasteiger partial charge in [0, 0.05) is 10.9 Å². The largest absolute Gasteiger partial charge is 0.332 e. The van der Waals surface area contributed by atoms with Crippen LogP contribution in [0, 0.1) is 5.82 Å². The van der Waals surface area contributed by atoms with Crippen molar-refractivity contribution in [3.8, 4) is 0 Å². The van der Waals surface area contributed by atoms with Gasteiger partial charge >= 0.3 is 6.03 Å². The molecule has 4 nitrogen and oxygen atoms in total. The third-order valence-electron chi connectivity index (χ3n) is 3.29. The number of amides is 2. The second-order valence-corrected chi connectivity index (χ2v) is 6.57. The van der Waals surface area contributed by atoms with Gasteiger partial charge in [0.05, 0.1) is 12.2 Å². The summed E-state index contributed by atoms with van der Waals surface area (Å²) < 4.78 is 13.2. The van der Waals surface area contributed by atoms with Gasteiger partial charge in [0.2, 0.25) is 0 Å². The molecule has 1 heterocycles. The number of aliphatic imine (C=N–C) groups is 1. The zero-order valence-electron chi connectivity index (χ0n) is 12.6. The van der Waals surface area contributed by atoms with E-state index in [2.05, 4.69) is 17.2 Å². The van der Waals surface area contributed by atoms with Gasteiger partial charge in [-0.1, -0.05) is 36.9 Å². The second kappa shape index (κ2) is 6.83. The van der Waals surface area contributed by atoms with Crippen LogP contribution >= 0.6 is 11.8 Å². The Morgan fingerprint density at radius 2 is 1.91 bits per heavy atom. The predicted molar refractivity (Wildman–Crippen MR) is 93.7 cm³/mol. The molecule has 6 heteroatoms. The molecule has 0 saturated heterocycles. The van der Waals surface area contributed by atoms with E-state index in [1.807, 2.05) is 30.3 Å². The highest BCUT2D eigenvalue weighted by atomic mass is 32.2. The highest BCUT2D eigenvalue weighted by molar-refractivity contribution is 8.15. The van der Waals surface area contributed by atoms with E-state index in [0.717, 1.165) is 0 Å². The monoisotopic (exact) mass is 329 g/mol. The SMILES string of the molecule is C[C@H]1CN=C(N(C(=O)Nc2ccccc2)c2ccc(F)cc2)S1. The highest BCUT2D eigenvalue weighted by Crippen LogP contribution is 2.28. The Bertz CT molecular complexity index is 718. The van der Waals surface area contributed by atoms with Crippen molar-refractivity contribution in [3.05, 3.63) is 60.4 Å². The van der Waals surface area contributed by atoms with Crippen molar-refractivity contribution in [3.63, 3.8) is 0 Å². The number of rotatable bonds is 2. The molecule has 0 aliphatic carbocycles. The number of benzene rings is 2. The lowest BCUT2D eigenvalue weighted by molar-refractivity contribution is 0.259. The first-order chi connectivity index (χ1) is 11.1. The second-order valence-electron chi connectivity index (χ2n) is 5.16. The summed E-state index contributed by atoms with van der Waals surface area (Å²) in [5, 5.41) is 3.79. The summed E-state index contributed by atoms with van der Waals surface area (Å²) in [5.41, 5.74) is 1.28. The number of nitrogens with one attached hydrogen (secondary N) is 1. The van der Waals surface area contributed by atoms with Crippen LogP contribution in [0.15, 0.2) is 59.6 Å². The number of nitrogens with zero attached hydrogens (tertiary/aromatic N) is 2. The molecule has 1 N–H and O–H groups in total. The molecule has 2 amide bonds. The maximum Gasteiger partial charge on any atom is 0.332 e. The first kappa shape index (κ1) is 15.6. The number of amidine groups is 1. The van der Waals surface area contributed by atoms with Crippen LogP contribution in [0.3, 0.4) is 0 Å². The Hall–Kier alpha value is -2.34. The summed E-state index contributed by atoms with van der Waals surface area (Å²) >= 11 is 1.53. The summed E-state index contributed by atoms with van der Waals surface area (Å²) in [6.45, 7) is 2.72. The van der Waals surface area contributed by atoms with Gasteiger partial charge in [-0.05, 0) is 36.4 Å².